The molecule has 0 aliphatic rings. The van der Waals surface area contributed by atoms with E-state index in [0.717, 1.165) is 0 Å². The van der Waals surface area contributed by atoms with Crippen molar-refractivity contribution in [3.8, 4) is 0 Å². The van der Waals surface area contributed by atoms with E-state index in [1.54, 1.807) is 13.1 Å². The third-order valence-corrected chi connectivity index (χ3v) is 1.76. The van der Waals surface area contributed by atoms with E-state index in [1.165, 1.54) is 11.8 Å². The molecule has 0 aliphatic carbocycles. The molecule has 0 radical (unpaired) electrons. The van der Waals surface area contributed by atoms with E-state index >= 15 is 0 Å². The summed E-state index contributed by atoms with van der Waals surface area (Å²) in [6, 6.07) is -0.252. The lowest BCUT2D eigenvalue weighted by Crippen LogP contribution is -2.33. The highest BCUT2D eigenvalue weighted by Crippen LogP contribution is 2.02. The van der Waals surface area contributed by atoms with Gasteiger partial charge in [0, 0.05) is 6.04 Å². The molecular formula is C8H13N5O3. The number of methoxy groups -OCH3 is 1. The van der Waals surface area contributed by atoms with Crippen LogP contribution in [0, 0.1) is 0 Å². The van der Waals surface area contributed by atoms with E-state index in [0.29, 0.717) is 5.69 Å². The van der Waals surface area contributed by atoms with Crippen molar-refractivity contribution in [1.29, 1.82) is 0 Å². The minimum atomic E-state index is -0.808. The van der Waals surface area contributed by atoms with Crippen molar-refractivity contribution in [2.45, 2.75) is 19.5 Å². The molecule has 1 unspecified atom stereocenters. The molecule has 2 amide bonds. The Bertz CT molecular complexity index is 387. The van der Waals surface area contributed by atoms with Crippen molar-refractivity contribution >= 4 is 12.0 Å². The number of ether oxygens (including phenoxy) is 1. The lowest BCUT2D eigenvalue weighted by atomic mass is 10.3. The van der Waals surface area contributed by atoms with Crippen LogP contribution in [-0.4, -0.2) is 34.1 Å². The summed E-state index contributed by atoms with van der Waals surface area (Å²) in [6.45, 7) is 1.64. The van der Waals surface area contributed by atoms with Crippen LogP contribution in [0.5, 0.6) is 0 Å². The molecule has 1 aromatic rings. The number of hydrogen-bond acceptors (Lipinski definition) is 6. The Morgan fingerprint density at radius 1 is 1.69 bits per heavy atom. The molecule has 1 heterocycles. The minimum Gasteiger partial charge on any atom is -0.453 e. The number of carbonyl (C=O) groups excluding carboxylic acids is 2. The summed E-state index contributed by atoms with van der Waals surface area (Å²) in [4.78, 5) is 21.9. The molecule has 0 fully saturated rings. The number of nitrogens with one attached hydrogen (secondary N) is 1. The van der Waals surface area contributed by atoms with Gasteiger partial charge in [-0.3, -0.25) is 10.1 Å². The first kappa shape index (κ1) is 12.1. The van der Waals surface area contributed by atoms with Crippen LogP contribution in [0.4, 0.5) is 4.79 Å². The SMILES string of the molecule is COC(=O)NC(=O)Cn1cc(C(C)N)nn1. The topological polar surface area (TPSA) is 112 Å². The van der Waals surface area contributed by atoms with Crippen LogP contribution >= 0.6 is 0 Å². The van der Waals surface area contributed by atoms with Gasteiger partial charge in [-0.1, -0.05) is 5.21 Å². The van der Waals surface area contributed by atoms with Gasteiger partial charge < -0.3 is 10.5 Å². The number of hydrogen-bond donors (Lipinski definition) is 2. The number of aromatic nitrogens is 3. The maximum absolute atomic E-state index is 11.2. The highest BCUT2D eigenvalue weighted by molar-refractivity contribution is 5.91. The van der Waals surface area contributed by atoms with Crippen LogP contribution in [0.3, 0.4) is 0 Å². The Kier molecular flexibility index (Phi) is 3.95. The second-order valence-electron chi connectivity index (χ2n) is 3.17. The molecule has 0 spiro atoms. The number of imide groups is 1. The van der Waals surface area contributed by atoms with Crippen molar-refractivity contribution in [3.63, 3.8) is 0 Å². The molecule has 0 aromatic carbocycles. The Balaban J connectivity index is 2.53. The fourth-order valence-corrected chi connectivity index (χ4v) is 0.951. The normalized spacial score (nSPS) is 11.9. The van der Waals surface area contributed by atoms with E-state index in [4.69, 9.17) is 5.73 Å². The maximum Gasteiger partial charge on any atom is 0.413 e. The largest absolute Gasteiger partial charge is 0.453 e. The number of alkyl carbamates (subject to hydrolysis) is 1. The van der Waals surface area contributed by atoms with Gasteiger partial charge >= 0.3 is 6.09 Å². The number of carbonyl (C=O) groups is 2. The van der Waals surface area contributed by atoms with Gasteiger partial charge in [-0.2, -0.15) is 0 Å². The van der Waals surface area contributed by atoms with Gasteiger partial charge in [0.15, 0.2) is 0 Å². The summed E-state index contributed by atoms with van der Waals surface area (Å²) < 4.78 is 5.55. The van der Waals surface area contributed by atoms with Crippen molar-refractivity contribution in [2.24, 2.45) is 5.73 Å². The van der Waals surface area contributed by atoms with Crippen molar-refractivity contribution < 1.29 is 14.3 Å². The molecule has 8 nitrogen and oxygen atoms in total. The number of nitrogens with two attached hydrogens (primary N) is 1. The predicted octanol–water partition coefficient (Wildman–Crippen LogP) is -0.820. The zero-order chi connectivity index (χ0) is 12.1. The molecule has 0 bridgehead atoms. The number of amides is 2. The maximum atomic E-state index is 11.2. The number of nitrogens with zero attached hydrogens (tertiary/aromatic N) is 3. The molecule has 1 atom stereocenters. The van der Waals surface area contributed by atoms with Gasteiger partial charge in [0.25, 0.3) is 5.91 Å². The summed E-state index contributed by atoms with van der Waals surface area (Å²) in [5, 5.41) is 9.44. The zero-order valence-electron chi connectivity index (χ0n) is 9.01. The summed E-state index contributed by atoms with van der Waals surface area (Å²) >= 11 is 0. The zero-order valence-corrected chi connectivity index (χ0v) is 9.01. The fourth-order valence-electron chi connectivity index (χ4n) is 0.951. The summed E-state index contributed by atoms with van der Waals surface area (Å²) in [5.74, 6) is -0.534. The Hall–Kier alpha value is -1.96. The molecule has 88 valence electrons. The standard InChI is InChI=1S/C8H13N5O3/c1-5(9)6-3-13(12-11-6)4-7(14)10-8(15)16-2/h3,5H,4,9H2,1-2H3,(H,10,14,15). The second-order valence-corrected chi connectivity index (χ2v) is 3.17. The fraction of sp³-hybridized carbons (Fsp3) is 0.500. The third kappa shape index (κ3) is 3.31. The first-order chi connectivity index (χ1) is 7.52. The van der Waals surface area contributed by atoms with Gasteiger partial charge in [-0.25, -0.2) is 9.48 Å². The molecule has 1 rings (SSSR count). The highest BCUT2D eigenvalue weighted by Gasteiger charge is 2.10. The molecule has 0 saturated heterocycles. The van der Waals surface area contributed by atoms with Crippen LogP contribution in [0.1, 0.15) is 18.7 Å². The first-order valence-corrected chi connectivity index (χ1v) is 4.56. The average molecular weight is 227 g/mol. The van der Waals surface area contributed by atoms with Crippen LogP contribution in [-0.2, 0) is 16.1 Å². The van der Waals surface area contributed by atoms with Gasteiger partial charge in [-0.15, -0.1) is 5.10 Å². The van der Waals surface area contributed by atoms with Crippen LogP contribution in [0.25, 0.3) is 0 Å². The number of rotatable bonds is 3. The van der Waals surface area contributed by atoms with Gasteiger partial charge in [0.05, 0.1) is 19.0 Å². The van der Waals surface area contributed by atoms with Crippen molar-refractivity contribution in [1.82, 2.24) is 20.3 Å². The molecule has 8 heteroatoms. The third-order valence-electron chi connectivity index (χ3n) is 1.76. The second kappa shape index (κ2) is 5.21. The van der Waals surface area contributed by atoms with Crippen molar-refractivity contribution in [2.75, 3.05) is 7.11 Å². The molecular weight excluding hydrogens is 214 g/mol. The predicted molar refractivity (Wildman–Crippen MR) is 53.2 cm³/mol. The summed E-state index contributed by atoms with van der Waals surface area (Å²) in [6.07, 6.45) is 0.735. The molecule has 0 aliphatic heterocycles. The first-order valence-electron chi connectivity index (χ1n) is 4.56. The van der Waals surface area contributed by atoms with Crippen LogP contribution in [0.15, 0.2) is 6.20 Å². The van der Waals surface area contributed by atoms with Gasteiger partial charge in [0.1, 0.15) is 6.54 Å². The quantitative estimate of drug-likeness (QED) is 0.697. The lowest BCUT2D eigenvalue weighted by molar-refractivity contribution is -0.121. The molecule has 3 N–H and O–H groups in total. The van der Waals surface area contributed by atoms with E-state index in [-0.39, 0.29) is 12.6 Å². The Labute approximate surface area is 91.7 Å². The lowest BCUT2D eigenvalue weighted by Gasteiger charge is -2.01. The van der Waals surface area contributed by atoms with E-state index in [9.17, 15) is 9.59 Å². The molecule has 0 saturated carbocycles. The summed E-state index contributed by atoms with van der Waals surface area (Å²) in [5.41, 5.74) is 6.14. The minimum absolute atomic E-state index is 0.116. The van der Waals surface area contributed by atoms with Gasteiger partial charge in [0.2, 0.25) is 0 Å². The Morgan fingerprint density at radius 2 is 2.38 bits per heavy atom. The summed E-state index contributed by atoms with van der Waals surface area (Å²) in [7, 11) is 1.17. The smallest absolute Gasteiger partial charge is 0.413 e. The van der Waals surface area contributed by atoms with Crippen LogP contribution in [0.2, 0.25) is 0 Å². The van der Waals surface area contributed by atoms with E-state index < -0.39 is 12.0 Å². The molecule has 1 aromatic heterocycles. The molecule has 16 heavy (non-hydrogen) atoms. The van der Waals surface area contributed by atoms with Gasteiger partial charge in [-0.05, 0) is 6.92 Å². The van der Waals surface area contributed by atoms with E-state index in [1.807, 2.05) is 5.32 Å². The highest BCUT2D eigenvalue weighted by atomic mass is 16.5. The monoisotopic (exact) mass is 227 g/mol. The van der Waals surface area contributed by atoms with Crippen LogP contribution < -0.4 is 11.1 Å². The van der Waals surface area contributed by atoms with Crippen molar-refractivity contribution in [3.05, 3.63) is 11.9 Å². The Morgan fingerprint density at radius 3 is 2.88 bits per heavy atom. The van der Waals surface area contributed by atoms with E-state index in [2.05, 4.69) is 15.0 Å². The average Bonchev–Trinajstić information content (AvgIpc) is 2.65.